The number of pyridine rings is 1. The summed E-state index contributed by atoms with van der Waals surface area (Å²) in [7, 11) is 0. The Morgan fingerprint density at radius 1 is 1.07 bits per heavy atom. The largest absolute Gasteiger partial charge is 0.416 e. The zero-order valence-corrected chi connectivity index (χ0v) is 21.9. The molecule has 1 amide bonds. The topological polar surface area (TPSA) is 106 Å². The van der Waals surface area contributed by atoms with Crippen LogP contribution >= 0.6 is 0 Å². The summed E-state index contributed by atoms with van der Waals surface area (Å²) in [6.07, 6.45) is 3.34. The molecule has 2 saturated heterocycles. The summed E-state index contributed by atoms with van der Waals surface area (Å²) in [5, 5.41) is 0. The van der Waals surface area contributed by atoms with Crippen molar-refractivity contribution in [1.29, 1.82) is 0 Å². The molecule has 4 aromatic rings. The number of Topliss-reactive ketones (excluding diaryl/α,β-unsaturated/α-hetero) is 1. The Morgan fingerprint density at radius 3 is 2.68 bits per heavy atom. The lowest BCUT2D eigenvalue weighted by atomic mass is 9.87. The molecule has 2 fully saturated rings. The highest BCUT2D eigenvalue weighted by Gasteiger charge is 2.37. The third kappa shape index (κ3) is 5.02. The highest BCUT2D eigenvalue weighted by molar-refractivity contribution is 5.98. The summed E-state index contributed by atoms with van der Waals surface area (Å²) in [5.41, 5.74) is 6.00. The number of hydrogen-bond donors (Lipinski definition) is 1. The molecular formula is C29H26F4N6O2. The van der Waals surface area contributed by atoms with Crippen LogP contribution in [0.2, 0.25) is 0 Å². The summed E-state index contributed by atoms with van der Waals surface area (Å²) in [4.78, 5) is 40.2. The average Bonchev–Trinajstić information content (AvgIpc) is 3.33. The molecule has 0 unspecified atom stereocenters. The van der Waals surface area contributed by atoms with Crippen LogP contribution in [0.4, 0.5) is 23.4 Å². The third-order valence-corrected chi connectivity index (χ3v) is 7.96. The van der Waals surface area contributed by atoms with Crippen LogP contribution in [0.1, 0.15) is 65.5 Å². The molecule has 0 spiro atoms. The SMILES string of the molecule is Nc1nccn2c([C@H]3CC[C@@H]4CCCC(=O)N4C3)nc(-c3ccc(C(=O)Cc4cc(C(F)(F)F)ccn4)cc3F)c12. The fourth-order valence-corrected chi connectivity index (χ4v) is 5.94. The second-order valence-corrected chi connectivity index (χ2v) is 10.5. The molecule has 2 atom stereocenters. The van der Waals surface area contributed by atoms with Gasteiger partial charge in [-0.25, -0.2) is 14.4 Å². The van der Waals surface area contributed by atoms with Crippen molar-refractivity contribution in [3.8, 4) is 11.3 Å². The third-order valence-electron chi connectivity index (χ3n) is 7.96. The molecule has 12 heteroatoms. The highest BCUT2D eigenvalue weighted by Crippen LogP contribution is 2.38. The number of anilines is 1. The van der Waals surface area contributed by atoms with E-state index in [0.717, 1.165) is 50.1 Å². The van der Waals surface area contributed by atoms with Crippen LogP contribution in [0.15, 0.2) is 48.9 Å². The number of amides is 1. The first kappa shape index (κ1) is 26.9. The minimum absolute atomic E-state index is 0.0118. The van der Waals surface area contributed by atoms with Crippen molar-refractivity contribution in [2.75, 3.05) is 12.3 Å². The maximum atomic E-state index is 15.6. The smallest absolute Gasteiger partial charge is 0.382 e. The Labute approximate surface area is 232 Å². The zero-order valence-electron chi connectivity index (χ0n) is 21.9. The Balaban J connectivity index is 1.31. The number of nitrogens with two attached hydrogens (primary N) is 1. The van der Waals surface area contributed by atoms with Crippen molar-refractivity contribution in [2.45, 2.75) is 56.7 Å². The molecule has 8 nitrogen and oxygen atoms in total. The van der Waals surface area contributed by atoms with Gasteiger partial charge in [0.25, 0.3) is 0 Å². The number of benzene rings is 1. The van der Waals surface area contributed by atoms with Crippen molar-refractivity contribution in [1.82, 2.24) is 24.3 Å². The summed E-state index contributed by atoms with van der Waals surface area (Å²) >= 11 is 0. The molecule has 0 radical (unpaired) electrons. The number of fused-ring (bicyclic) bond motifs is 2. The Hall–Kier alpha value is -4.35. The number of carbonyl (C=O) groups is 2. The number of alkyl halides is 3. The number of imidazole rings is 1. The predicted molar refractivity (Wildman–Crippen MR) is 141 cm³/mol. The zero-order chi connectivity index (χ0) is 28.9. The first-order valence-corrected chi connectivity index (χ1v) is 13.4. The lowest BCUT2D eigenvalue weighted by molar-refractivity contribution is -0.138. The van der Waals surface area contributed by atoms with Gasteiger partial charge in [-0.3, -0.25) is 19.0 Å². The molecule has 6 rings (SSSR count). The maximum Gasteiger partial charge on any atom is 0.416 e. The average molecular weight is 567 g/mol. The predicted octanol–water partition coefficient (Wildman–Crippen LogP) is 5.22. The first-order valence-electron chi connectivity index (χ1n) is 13.4. The number of nitrogen functional groups attached to an aromatic ring is 1. The monoisotopic (exact) mass is 566 g/mol. The van der Waals surface area contributed by atoms with E-state index in [1.54, 1.807) is 10.6 Å². The van der Waals surface area contributed by atoms with Gasteiger partial charge in [-0.15, -0.1) is 0 Å². The Kier molecular flexibility index (Phi) is 6.71. The first-order chi connectivity index (χ1) is 19.6. The van der Waals surface area contributed by atoms with E-state index in [0.29, 0.717) is 24.3 Å². The van der Waals surface area contributed by atoms with Gasteiger partial charge >= 0.3 is 6.18 Å². The number of ketones is 1. The molecular weight excluding hydrogens is 540 g/mol. The fraction of sp³-hybridized carbons (Fsp3) is 0.345. The highest BCUT2D eigenvalue weighted by atomic mass is 19.4. The fourth-order valence-electron chi connectivity index (χ4n) is 5.94. The lowest BCUT2D eigenvalue weighted by Crippen LogP contribution is -2.48. The van der Waals surface area contributed by atoms with E-state index in [4.69, 9.17) is 10.7 Å². The van der Waals surface area contributed by atoms with E-state index < -0.39 is 29.8 Å². The quantitative estimate of drug-likeness (QED) is 0.263. The van der Waals surface area contributed by atoms with Gasteiger partial charge in [-0.2, -0.15) is 13.2 Å². The van der Waals surface area contributed by atoms with Crippen LogP contribution in [0.25, 0.3) is 16.8 Å². The van der Waals surface area contributed by atoms with Crippen LogP contribution in [-0.2, 0) is 17.4 Å². The number of rotatable bonds is 5. The van der Waals surface area contributed by atoms with Gasteiger partial charge in [-0.1, -0.05) is 6.07 Å². The van der Waals surface area contributed by atoms with Crippen molar-refractivity contribution < 1.29 is 27.2 Å². The van der Waals surface area contributed by atoms with Crippen LogP contribution in [-0.4, -0.2) is 48.5 Å². The molecule has 1 aromatic carbocycles. The number of carbonyl (C=O) groups excluding carboxylic acids is 2. The molecule has 212 valence electrons. The van der Waals surface area contributed by atoms with Gasteiger partial charge in [0, 0.05) is 60.3 Å². The minimum Gasteiger partial charge on any atom is -0.382 e. The van der Waals surface area contributed by atoms with E-state index in [-0.39, 0.29) is 46.2 Å². The van der Waals surface area contributed by atoms with E-state index in [1.807, 2.05) is 4.90 Å². The van der Waals surface area contributed by atoms with Gasteiger partial charge < -0.3 is 10.6 Å². The van der Waals surface area contributed by atoms with Crippen LogP contribution in [0.5, 0.6) is 0 Å². The van der Waals surface area contributed by atoms with E-state index in [9.17, 15) is 22.8 Å². The van der Waals surface area contributed by atoms with Gasteiger partial charge in [-0.05, 0) is 49.9 Å². The molecule has 0 bridgehead atoms. The number of nitrogens with zero attached hydrogens (tertiary/aromatic N) is 5. The van der Waals surface area contributed by atoms with Crippen molar-refractivity contribution in [2.24, 2.45) is 0 Å². The molecule has 2 N–H and O–H groups in total. The van der Waals surface area contributed by atoms with E-state index in [1.165, 1.54) is 18.3 Å². The summed E-state index contributed by atoms with van der Waals surface area (Å²) in [5.74, 6) is -0.463. The van der Waals surface area contributed by atoms with Gasteiger partial charge in [0.2, 0.25) is 5.91 Å². The van der Waals surface area contributed by atoms with Crippen molar-refractivity contribution >= 4 is 23.0 Å². The van der Waals surface area contributed by atoms with Gasteiger partial charge in [0.1, 0.15) is 28.7 Å². The number of aromatic nitrogens is 4. The number of hydrogen-bond acceptors (Lipinski definition) is 6. The molecule has 0 aliphatic carbocycles. The maximum absolute atomic E-state index is 15.6. The molecule has 41 heavy (non-hydrogen) atoms. The second-order valence-electron chi connectivity index (χ2n) is 10.5. The van der Waals surface area contributed by atoms with Crippen LogP contribution in [0, 0.1) is 5.82 Å². The summed E-state index contributed by atoms with van der Waals surface area (Å²) in [6.45, 7) is 0.518. The standard InChI is InChI=1S/C29H26F4N6O2/c30-22-12-16(23(40)14-19-13-18(8-9-35-19)29(31,32)33)5-7-21(22)25-26-27(34)36-10-11-38(26)28(37-25)17-4-6-20-2-1-3-24(41)39(20)15-17/h5,7-13,17,20H,1-4,6,14-15H2,(H2,34,36)/t17-,20-/m0/s1. The summed E-state index contributed by atoms with van der Waals surface area (Å²) in [6, 6.07) is 5.72. The molecule has 0 saturated carbocycles. The minimum atomic E-state index is -4.57. The van der Waals surface area contributed by atoms with E-state index in [2.05, 4.69) is 9.97 Å². The lowest BCUT2D eigenvalue weighted by Gasteiger charge is -2.42. The molecule has 5 heterocycles. The summed E-state index contributed by atoms with van der Waals surface area (Å²) < 4.78 is 56.5. The van der Waals surface area contributed by atoms with Crippen LogP contribution in [0.3, 0.4) is 0 Å². The number of piperidine rings is 2. The number of halogens is 4. The van der Waals surface area contributed by atoms with E-state index >= 15 is 4.39 Å². The van der Waals surface area contributed by atoms with Crippen molar-refractivity contribution in [3.63, 3.8) is 0 Å². The molecule has 2 aliphatic rings. The van der Waals surface area contributed by atoms with Crippen LogP contribution < -0.4 is 5.73 Å². The van der Waals surface area contributed by atoms with Gasteiger partial charge in [0.15, 0.2) is 5.78 Å². The Morgan fingerprint density at radius 2 is 1.90 bits per heavy atom. The normalized spacial score (nSPS) is 19.4. The Bertz CT molecular complexity index is 1670. The van der Waals surface area contributed by atoms with Crippen molar-refractivity contribution in [3.05, 3.63) is 77.4 Å². The second kappa shape index (κ2) is 10.2. The van der Waals surface area contributed by atoms with Gasteiger partial charge in [0.05, 0.1) is 12.0 Å². The molecule has 2 aliphatic heterocycles. The molecule has 3 aromatic heterocycles.